The Labute approximate surface area is 93.9 Å². The van der Waals surface area contributed by atoms with Crippen LogP contribution in [0.4, 0.5) is 0 Å². The highest BCUT2D eigenvalue weighted by molar-refractivity contribution is 6.05. The SMILES string of the molecule is COC(=O)c1nccnc1C(=O)C(C)(C)C. The number of esters is 1. The van der Waals surface area contributed by atoms with Gasteiger partial charge >= 0.3 is 5.97 Å². The Hall–Kier alpha value is -1.78. The summed E-state index contributed by atoms with van der Waals surface area (Å²) >= 11 is 0. The molecular formula is C11H14N2O3. The largest absolute Gasteiger partial charge is 0.464 e. The summed E-state index contributed by atoms with van der Waals surface area (Å²) in [7, 11) is 1.24. The minimum absolute atomic E-state index is 0.0371. The number of carbonyl (C=O) groups excluding carboxylic acids is 2. The molecule has 1 aromatic rings. The number of ether oxygens (including phenoxy) is 1. The molecule has 0 aliphatic carbocycles. The third-order valence-electron chi connectivity index (χ3n) is 1.97. The van der Waals surface area contributed by atoms with Gasteiger partial charge < -0.3 is 4.74 Å². The number of methoxy groups -OCH3 is 1. The summed E-state index contributed by atoms with van der Waals surface area (Å²) in [5, 5.41) is 0. The molecule has 16 heavy (non-hydrogen) atoms. The van der Waals surface area contributed by atoms with Crippen LogP contribution in [0.3, 0.4) is 0 Å². The Morgan fingerprint density at radius 2 is 1.62 bits per heavy atom. The molecule has 0 aliphatic rings. The van der Waals surface area contributed by atoms with Crippen molar-refractivity contribution in [3.63, 3.8) is 0 Å². The number of hydrogen-bond donors (Lipinski definition) is 0. The molecule has 0 fully saturated rings. The van der Waals surface area contributed by atoms with E-state index in [2.05, 4.69) is 14.7 Å². The Kier molecular flexibility index (Phi) is 3.37. The number of nitrogens with zero attached hydrogens (tertiary/aromatic N) is 2. The van der Waals surface area contributed by atoms with Crippen LogP contribution in [0.2, 0.25) is 0 Å². The van der Waals surface area contributed by atoms with E-state index in [9.17, 15) is 9.59 Å². The minimum Gasteiger partial charge on any atom is -0.464 e. The van der Waals surface area contributed by atoms with E-state index < -0.39 is 11.4 Å². The van der Waals surface area contributed by atoms with Crippen LogP contribution in [0.25, 0.3) is 0 Å². The number of rotatable bonds is 2. The number of carbonyl (C=O) groups is 2. The van der Waals surface area contributed by atoms with Gasteiger partial charge in [0.1, 0.15) is 5.69 Å². The second kappa shape index (κ2) is 4.38. The van der Waals surface area contributed by atoms with Gasteiger partial charge in [-0.3, -0.25) is 4.79 Å². The molecule has 5 nitrogen and oxygen atoms in total. The number of Topliss-reactive ketones (excluding diaryl/α,β-unsaturated/α-hetero) is 1. The highest BCUT2D eigenvalue weighted by Gasteiger charge is 2.29. The van der Waals surface area contributed by atoms with Gasteiger partial charge in [0, 0.05) is 17.8 Å². The summed E-state index contributed by atoms with van der Waals surface area (Å²) in [5.41, 5.74) is -0.592. The summed E-state index contributed by atoms with van der Waals surface area (Å²) in [6.45, 7) is 5.27. The van der Waals surface area contributed by atoms with Crippen molar-refractivity contribution in [2.45, 2.75) is 20.8 Å². The third-order valence-corrected chi connectivity index (χ3v) is 1.97. The van der Waals surface area contributed by atoms with E-state index in [0.29, 0.717) is 0 Å². The van der Waals surface area contributed by atoms with Gasteiger partial charge in [-0.2, -0.15) is 0 Å². The van der Waals surface area contributed by atoms with Crippen molar-refractivity contribution < 1.29 is 14.3 Å². The predicted octanol–water partition coefficient (Wildman–Crippen LogP) is 1.49. The number of hydrogen-bond acceptors (Lipinski definition) is 5. The topological polar surface area (TPSA) is 69.2 Å². The van der Waals surface area contributed by atoms with Crippen LogP contribution in [-0.4, -0.2) is 28.8 Å². The van der Waals surface area contributed by atoms with Crippen LogP contribution in [0.1, 0.15) is 41.7 Å². The molecule has 0 unspecified atom stereocenters. The maximum Gasteiger partial charge on any atom is 0.359 e. The molecule has 0 aromatic carbocycles. The fourth-order valence-electron chi connectivity index (χ4n) is 1.11. The van der Waals surface area contributed by atoms with Gasteiger partial charge in [-0.1, -0.05) is 20.8 Å². The third kappa shape index (κ3) is 2.42. The molecule has 0 radical (unpaired) electrons. The van der Waals surface area contributed by atoms with Crippen molar-refractivity contribution in [2.24, 2.45) is 5.41 Å². The molecule has 0 bridgehead atoms. The monoisotopic (exact) mass is 222 g/mol. The Bertz CT molecular complexity index is 421. The van der Waals surface area contributed by atoms with Crippen LogP contribution in [0.15, 0.2) is 12.4 Å². The molecule has 0 atom stereocenters. The van der Waals surface area contributed by atoms with E-state index in [-0.39, 0.29) is 17.2 Å². The second-order valence-corrected chi connectivity index (χ2v) is 4.32. The summed E-state index contributed by atoms with van der Waals surface area (Å²) in [4.78, 5) is 31.1. The lowest BCUT2D eigenvalue weighted by atomic mass is 9.88. The molecule has 1 aromatic heterocycles. The number of aromatic nitrogens is 2. The van der Waals surface area contributed by atoms with Gasteiger partial charge in [0.25, 0.3) is 0 Å². The Balaban J connectivity index is 3.24. The van der Waals surface area contributed by atoms with Gasteiger partial charge in [0.15, 0.2) is 11.5 Å². The van der Waals surface area contributed by atoms with Crippen molar-refractivity contribution >= 4 is 11.8 Å². The molecule has 0 amide bonds. The van der Waals surface area contributed by atoms with Crippen molar-refractivity contribution in [3.05, 3.63) is 23.8 Å². The maximum absolute atomic E-state index is 12.0. The van der Waals surface area contributed by atoms with Gasteiger partial charge in [-0.25, -0.2) is 14.8 Å². The summed E-state index contributed by atoms with van der Waals surface area (Å²) in [6.07, 6.45) is 2.73. The average molecular weight is 222 g/mol. The first-order valence-electron chi connectivity index (χ1n) is 4.82. The summed E-state index contributed by atoms with van der Waals surface area (Å²) in [6, 6.07) is 0. The molecule has 0 aliphatic heterocycles. The summed E-state index contributed by atoms with van der Waals surface area (Å²) < 4.78 is 4.55. The molecule has 1 heterocycles. The first kappa shape index (κ1) is 12.3. The van der Waals surface area contributed by atoms with Crippen LogP contribution in [0.5, 0.6) is 0 Å². The van der Waals surface area contributed by atoms with Crippen LogP contribution >= 0.6 is 0 Å². The Morgan fingerprint density at radius 1 is 1.12 bits per heavy atom. The number of ketones is 1. The van der Waals surface area contributed by atoms with Gasteiger partial charge in [0.2, 0.25) is 0 Å². The molecule has 0 N–H and O–H groups in total. The maximum atomic E-state index is 12.0. The molecule has 5 heteroatoms. The molecule has 1 rings (SSSR count). The average Bonchev–Trinajstić information content (AvgIpc) is 2.25. The van der Waals surface area contributed by atoms with E-state index in [4.69, 9.17) is 0 Å². The molecule has 0 saturated carbocycles. The van der Waals surface area contributed by atoms with Gasteiger partial charge in [0.05, 0.1) is 7.11 Å². The predicted molar refractivity (Wildman–Crippen MR) is 57.2 cm³/mol. The quantitative estimate of drug-likeness (QED) is 0.560. The highest BCUT2D eigenvalue weighted by atomic mass is 16.5. The Morgan fingerprint density at radius 3 is 2.06 bits per heavy atom. The van der Waals surface area contributed by atoms with E-state index in [1.165, 1.54) is 19.5 Å². The van der Waals surface area contributed by atoms with Gasteiger partial charge in [-0.15, -0.1) is 0 Å². The van der Waals surface area contributed by atoms with Crippen LogP contribution in [0, 0.1) is 5.41 Å². The van der Waals surface area contributed by atoms with Crippen molar-refractivity contribution in [1.82, 2.24) is 9.97 Å². The van der Waals surface area contributed by atoms with E-state index in [0.717, 1.165) is 0 Å². The lowest BCUT2D eigenvalue weighted by molar-refractivity contribution is 0.0586. The molecule has 0 saturated heterocycles. The minimum atomic E-state index is -0.652. The van der Waals surface area contributed by atoms with Crippen molar-refractivity contribution in [1.29, 1.82) is 0 Å². The molecule has 0 spiro atoms. The standard InChI is InChI=1S/C11H14N2O3/c1-11(2,3)9(14)7-8(10(15)16-4)13-6-5-12-7/h5-6H,1-4H3. The zero-order valence-electron chi connectivity index (χ0n) is 9.77. The fourth-order valence-corrected chi connectivity index (χ4v) is 1.11. The van der Waals surface area contributed by atoms with E-state index in [1.807, 2.05) is 0 Å². The lowest BCUT2D eigenvalue weighted by Crippen LogP contribution is -2.25. The first-order valence-corrected chi connectivity index (χ1v) is 4.82. The van der Waals surface area contributed by atoms with E-state index in [1.54, 1.807) is 20.8 Å². The van der Waals surface area contributed by atoms with Crippen LogP contribution < -0.4 is 0 Å². The fraction of sp³-hybridized carbons (Fsp3) is 0.455. The van der Waals surface area contributed by atoms with Crippen molar-refractivity contribution in [2.75, 3.05) is 7.11 Å². The zero-order valence-corrected chi connectivity index (χ0v) is 9.77. The lowest BCUT2D eigenvalue weighted by Gasteiger charge is -2.16. The van der Waals surface area contributed by atoms with Crippen molar-refractivity contribution in [3.8, 4) is 0 Å². The smallest absolute Gasteiger partial charge is 0.359 e. The zero-order chi connectivity index (χ0) is 12.3. The first-order chi connectivity index (χ1) is 7.38. The highest BCUT2D eigenvalue weighted by Crippen LogP contribution is 2.21. The van der Waals surface area contributed by atoms with Gasteiger partial charge in [-0.05, 0) is 0 Å². The second-order valence-electron chi connectivity index (χ2n) is 4.32. The normalized spacial score (nSPS) is 11.0. The summed E-state index contributed by atoms with van der Waals surface area (Å²) in [5.74, 6) is -0.887. The van der Waals surface area contributed by atoms with Crippen LogP contribution in [-0.2, 0) is 4.74 Å². The molecule has 86 valence electrons. The van der Waals surface area contributed by atoms with E-state index >= 15 is 0 Å². The molecular weight excluding hydrogens is 208 g/mol.